The van der Waals surface area contributed by atoms with E-state index in [2.05, 4.69) is 5.32 Å². The lowest BCUT2D eigenvalue weighted by atomic mass is 10.1. The number of carbonyl (C=O) groups excluding carboxylic acids is 1. The second kappa shape index (κ2) is 6.83. The zero-order chi connectivity index (χ0) is 15.2. The van der Waals surface area contributed by atoms with Crippen LogP contribution in [0.5, 0.6) is 0 Å². The van der Waals surface area contributed by atoms with Crippen LogP contribution < -0.4 is 5.32 Å². The van der Waals surface area contributed by atoms with E-state index in [1.54, 1.807) is 31.2 Å². The van der Waals surface area contributed by atoms with Gasteiger partial charge in [-0.15, -0.1) is 0 Å². The highest BCUT2D eigenvalue weighted by Gasteiger charge is 2.13. The van der Waals surface area contributed by atoms with Gasteiger partial charge in [0.15, 0.2) is 11.6 Å². The summed E-state index contributed by atoms with van der Waals surface area (Å²) in [6, 6.07) is 10.7. The summed E-state index contributed by atoms with van der Waals surface area (Å²) in [5.41, 5.74) is 1.06. The SMILES string of the molecule is CCOC(=O)c1ccccc1NCc1cccc(F)c1F. The van der Waals surface area contributed by atoms with Gasteiger partial charge in [0, 0.05) is 17.8 Å². The number of hydrogen-bond acceptors (Lipinski definition) is 3. The quantitative estimate of drug-likeness (QED) is 0.853. The zero-order valence-electron chi connectivity index (χ0n) is 11.5. The molecule has 0 radical (unpaired) electrons. The largest absolute Gasteiger partial charge is 0.462 e. The van der Waals surface area contributed by atoms with Gasteiger partial charge in [0.1, 0.15) is 0 Å². The van der Waals surface area contributed by atoms with E-state index in [4.69, 9.17) is 4.74 Å². The molecule has 2 rings (SSSR count). The van der Waals surface area contributed by atoms with Crippen LogP contribution in [-0.4, -0.2) is 12.6 Å². The normalized spacial score (nSPS) is 10.2. The van der Waals surface area contributed by atoms with Crippen LogP contribution in [0.15, 0.2) is 42.5 Å². The molecule has 0 aliphatic carbocycles. The van der Waals surface area contributed by atoms with Gasteiger partial charge in [0.2, 0.25) is 0 Å². The van der Waals surface area contributed by atoms with Crippen molar-refractivity contribution in [2.45, 2.75) is 13.5 Å². The van der Waals surface area contributed by atoms with Crippen LogP contribution >= 0.6 is 0 Å². The third kappa shape index (κ3) is 3.56. The molecule has 0 bridgehead atoms. The van der Waals surface area contributed by atoms with Gasteiger partial charge >= 0.3 is 5.97 Å². The molecule has 0 saturated carbocycles. The molecule has 0 atom stereocenters. The highest BCUT2D eigenvalue weighted by atomic mass is 19.2. The maximum atomic E-state index is 13.6. The third-order valence-corrected chi connectivity index (χ3v) is 2.92. The number of benzene rings is 2. The Labute approximate surface area is 121 Å². The van der Waals surface area contributed by atoms with Gasteiger partial charge in [0.05, 0.1) is 12.2 Å². The van der Waals surface area contributed by atoms with Crippen LogP contribution in [0.4, 0.5) is 14.5 Å². The minimum absolute atomic E-state index is 0.0695. The highest BCUT2D eigenvalue weighted by molar-refractivity contribution is 5.95. The number of rotatable bonds is 5. The Morgan fingerprint density at radius 2 is 1.90 bits per heavy atom. The highest BCUT2D eigenvalue weighted by Crippen LogP contribution is 2.19. The summed E-state index contributed by atoms with van der Waals surface area (Å²) in [6.07, 6.45) is 0. The number of ether oxygens (including phenoxy) is 1. The molecular formula is C16H15F2NO2. The molecule has 5 heteroatoms. The predicted octanol–water partition coefficient (Wildman–Crippen LogP) is 3.75. The van der Waals surface area contributed by atoms with Gasteiger partial charge in [0.25, 0.3) is 0 Å². The molecular weight excluding hydrogens is 276 g/mol. The fraction of sp³-hybridized carbons (Fsp3) is 0.188. The number of halogens is 2. The lowest BCUT2D eigenvalue weighted by Crippen LogP contribution is -2.10. The topological polar surface area (TPSA) is 38.3 Å². The molecule has 2 aromatic rings. The Morgan fingerprint density at radius 3 is 2.67 bits per heavy atom. The van der Waals surface area contributed by atoms with Crippen molar-refractivity contribution >= 4 is 11.7 Å². The predicted molar refractivity (Wildman–Crippen MR) is 76.1 cm³/mol. The minimum atomic E-state index is -0.895. The van der Waals surface area contributed by atoms with Gasteiger partial charge in [-0.3, -0.25) is 0 Å². The fourth-order valence-corrected chi connectivity index (χ4v) is 1.90. The number of carbonyl (C=O) groups is 1. The first-order valence-corrected chi connectivity index (χ1v) is 6.56. The molecule has 0 fully saturated rings. The first-order chi connectivity index (χ1) is 10.1. The first-order valence-electron chi connectivity index (χ1n) is 6.56. The average Bonchev–Trinajstić information content (AvgIpc) is 2.49. The maximum Gasteiger partial charge on any atom is 0.340 e. The van der Waals surface area contributed by atoms with E-state index in [0.29, 0.717) is 11.3 Å². The molecule has 0 spiro atoms. The summed E-state index contributed by atoms with van der Waals surface area (Å²) in [4.78, 5) is 11.8. The van der Waals surface area contributed by atoms with E-state index in [1.807, 2.05) is 0 Å². The monoisotopic (exact) mass is 291 g/mol. The second-order valence-corrected chi connectivity index (χ2v) is 4.33. The van der Waals surface area contributed by atoms with E-state index in [1.165, 1.54) is 12.1 Å². The van der Waals surface area contributed by atoms with Crippen molar-refractivity contribution in [3.8, 4) is 0 Å². The molecule has 3 nitrogen and oxygen atoms in total. The third-order valence-electron chi connectivity index (χ3n) is 2.92. The van der Waals surface area contributed by atoms with Crippen molar-refractivity contribution < 1.29 is 18.3 Å². The average molecular weight is 291 g/mol. The Morgan fingerprint density at radius 1 is 1.14 bits per heavy atom. The van der Waals surface area contributed by atoms with Crippen molar-refractivity contribution in [3.63, 3.8) is 0 Å². The molecule has 0 heterocycles. The van der Waals surface area contributed by atoms with E-state index >= 15 is 0 Å². The van der Waals surface area contributed by atoms with Gasteiger partial charge < -0.3 is 10.1 Å². The number of para-hydroxylation sites is 1. The number of anilines is 1. The van der Waals surface area contributed by atoms with Crippen molar-refractivity contribution in [3.05, 3.63) is 65.2 Å². The smallest absolute Gasteiger partial charge is 0.340 e. The summed E-state index contributed by atoms with van der Waals surface area (Å²) >= 11 is 0. The summed E-state index contributed by atoms with van der Waals surface area (Å²) in [7, 11) is 0. The molecule has 0 amide bonds. The molecule has 110 valence electrons. The van der Waals surface area contributed by atoms with Crippen molar-refractivity contribution in [1.29, 1.82) is 0 Å². The molecule has 2 aromatic carbocycles. The van der Waals surface area contributed by atoms with Crippen LogP contribution in [-0.2, 0) is 11.3 Å². The lowest BCUT2D eigenvalue weighted by molar-refractivity contribution is 0.0527. The number of esters is 1. The number of nitrogens with one attached hydrogen (secondary N) is 1. The standard InChI is InChI=1S/C16H15F2NO2/c1-2-21-16(20)12-7-3-4-9-14(12)19-10-11-6-5-8-13(17)15(11)18/h3-9,19H,2,10H2,1H3. The van der Waals surface area contributed by atoms with Crippen LogP contribution in [0, 0.1) is 11.6 Å². The van der Waals surface area contributed by atoms with E-state index in [-0.39, 0.29) is 18.7 Å². The zero-order valence-corrected chi connectivity index (χ0v) is 11.5. The van der Waals surface area contributed by atoms with Crippen LogP contribution in [0.3, 0.4) is 0 Å². The van der Waals surface area contributed by atoms with E-state index in [9.17, 15) is 13.6 Å². The summed E-state index contributed by atoms with van der Waals surface area (Å²) in [6.45, 7) is 2.06. The second-order valence-electron chi connectivity index (χ2n) is 4.33. The van der Waals surface area contributed by atoms with Gasteiger partial charge in [-0.1, -0.05) is 24.3 Å². The Hall–Kier alpha value is -2.43. The number of hydrogen-bond donors (Lipinski definition) is 1. The Kier molecular flexibility index (Phi) is 4.87. The fourth-order valence-electron chi connectivity index (χ4n) is 1.90. The van der Waals surface area contributed by atoms with E-state index < -0.39 is 17.6 Å². The maximum absolute atomic E-state index is 13.6. The van der Waals surface area contributed by atoms with Gasteiger partial charge in [-0.25, -0.2) is 13.6 Å². The van der Waals surface area contributed by atoms with Crippen molar-refractivity contribution in [1.82, 2.24) is 0 Å². The molecule has 21 heavy (non-hydrogen) atoms. The summed E-state index contributed by atoms with van der Waals surface area (Å²) in [5, 5.41) is 2.93. The van der Waals surface area contributed by atoms with Crippen LogP contribution in [0.1, 0.15) is 22.8 Å². The van der Waals surface area contributed by atoms with Crippen LogP contribution in [0.25, 0.3) is 0 Å². The van der Waals surface area contributed by atoms with E-state index in [0.717, 1.165) is 6.07 Å². The molecule has 1 N–H and O–H groups in total. The Bertz CT molecular complexity index is 644. The van der Waals surface area contributed by atoms with Crippen molar-refractivity contribution in [2.75, 3.05) is 11.9 Å². The van der Waals surface area contributed by atoms with Gasteiger partial charge in [-0.05, 0) is 25.1 Å². The van der Waals surface area contributed by atoms with Crippen LogP contribution in [0.2, 0.25) is 0 Å². The Balaban J connectivity index is 2.17. The minimum Gasteiger partial charge on any atom is -0.462 e. The molecule has 0 aromatic heterocycles. The molecule has 0 aliphatic heterocycles. The summed E-state index contributed by atoms with van der Waals surface area (Å²) < 4.78 is 31.7. The lowest BCUT2D eigenvalue weighted by Gasteiger charge is -2.11. The molecule has 0 saturated heterocycles. The van der Waals surface area contributed by atoms with Gasteiger partial charge in [-0.2, -0.15) is 0 Å². The molecule has 0 aliphatic rings. The molecule has 0 unspecified atom stereocenters. The van der Waals surface area contributed by atoms with Crippen molar-refractivity contribution in [2.24, 2.45) is 0 Å². The summed E-state index contributed by atoms with van der Waals surface area (Å²) in [5.74, 6) is -2.24. The first kappa shape index (κ1) is 15.0.